The monoisotopic (exact) mass is 303 g/mol. The molecular formula is C20H33NO. The van der Waals surface area contributed by atoms with Crippen molar-refractivity contribution in [3.63, 3.8) is 0 Å². The smallest absolute Gasteiger partial charge is 0.0678 e. The van der Waals surface area contributed by atoms with Crippen LogP contribution in [-0.2, 0) is 16.6 Å². The molecule has 1 saturated heterocycles. The predicted octanol–water partition coefficient (Wildman–Crippen LogP) is 4.27. The second-order valence-electron chi connectivity index (χ2n) is 8.23. The highest BCUT2D eigenvalue weighted by Gasteiger charge is 2.23. The number of hydrogen-bond donors (Lipinski definition) is 0. The first-order valence-corrected chi connectivity index (χ1v) is 8.71. The van der Waals surface area contributed by atoms with E-state index >= 15 is 0 Å². The summed E-state index contributed by atoms with van der Waals surface area (Å²) in [5, 5.41) is 0. The maximum atomic E-state index is 5.82. The standard InChI is InChI=1S/C20H33NO/c1-15(12-21-13-16(2)22-17(3)14-21)11-18-7-9-19(10-8-18)20(4,5)6/h7-10,15-17H,11-14H2,1-6H3/t15-,16-,17-/m0/s1. The van der Waals surface area contributed by atoms with E-state index in [0.717, 1.165) is 19.5 Å². The van der Waals surface area contributed by atoms with Crippen molar-refractivity contribution in [3.8, 4) is 0 Å². The molecule has 22 heavy (non-hydrogen) atoms. The minimum atomic E-state index is 0.240. The molecule has 2 rings (SSSR count). The lowest BCUT2D eigenvalue weighted by atomic mass is 9.86. The van der Waals surface area contributed by atoms with Gasteiger partial charge in [-0.05, 0) is 42.7 Å². The van der Waals surface area contributed by atoms with E-state index in [1.807, 2.05) is 0 Å². The van der Waals surface area contributed by atoms with Gasteiger partial charge in [-0.2, -0.15) is 0 Å². The zero-order valence-corrected chi connectivity index (χ0v) is 15.2. The first kappa shape index (κ1) is 17.5. The SMILES string of the molecule is C[C@@H](Cc1ccc(C(C)(C)C)cc1)CN1C[C@H](C)O[C@@H](C)C1. The normalized spacial score (nSPS) is 25.2. The molecule has 0 unspecified atom stereocenters. The van der Waals surface area contributed by atoms with Crippen LogP contribution in [0.5, 0.6) is 0 Å². The first-order chi connectivity index (χ1) is 10.2. The largest absolute Gasteiger partial charge is 0.373 e. The molecule has 1 aromatic rings. The summed E-state index contributed by atoms with van der Waals surface area (Å²) in [6, 6.07) is 9.20. The van der Waals surface area contributed by atoms with Crippen LogP contribution in [0.15, 0.2) is 24.3 Å². The van der Waals surface area contributed by atoms with E-state index in [2.05, 4.69) is 70.7 Å². The van der Waals surface area contributed by atoms with E-state index in [-0.39, 0.29) is 5.41 Å². The minimum absolute atomic E-state index is 0.240. The van der Waals surface area contributed by atoms with Crippen molar-refractivity contribution in [1.82, 2.24) is 4.90 Å². The van der Waals surface area contributed by atoms with E-state index in [9.17, 15) is 0 Å². The van der Waals surface area contributed by atoms with Gasteiger partial charge in [-0.3, -0.25) is 4.90 Å². The van der Waals surface area contributed by atoms with E-state index in [1.54, 1.807) is 0 Å². The Morgan fingerprint density at radius 2 is 1.64 bits per heavy atom. The molecule has 0 aromatic heterocycles. The second-order valence-corrected chi connectivity index (χ2v) is 8.23. The summed E-state index contributed by atoms with van der Waals surface area (Å²) in [6.07, 6.45) is 1.88. The maximum Gasteiger partial charge on any atom is 0.0678 e. The van der Waals surface area contributed by atoms with Crippen LogP contribution in [0.4, 0.5) is 0 Å². The molecule has 124 valence electrons. The van der Waals surface area contributed by atoms with E-state index in [4.69, 9.17) is 4.74 Å². The molecule has 1 fully saturated rings. The first-order valence-electron chi connectivity index (χ1n) is 8.71. The molecule has 1 aromatic carbocycles. The summed E-state index contributed by atoms with van der Waals surface area (Å²) in [6.45, 7) is 16.8. The molecule has 0 saturated carbocycles. The molecule has 0 radical (unpaired) electrons. The minimum Gasteiger partial charge on any atom is -0.373 e. The van der Waals surface area contributed by atoms with Crippen molar-refractivity contribution in [3.05, 3.63) is 35.4 Å². The third-order valence-corrected chi connectivity index (χ3v) is 4.47. The molecular weight excluding hydrogens is 270 g/mol. The van der Waals surface area contributed by atoms with Gasteiger partial charge in [-0.1, -0.05) is 52.0 Å². The van der Waals surface area contributed by atoms with E-state index < -0.39 is 0 Å². The number of benzene rings is 1. The van der Waals surface area contributed by atoms with Gasteiger partial charge in [0.25, 0.3) is 0 Å². The van der Waals surface area contributed by atoms with E-state index in [0.29, 0.717) is 18.1 Å². The molecule has 1 aliphatic rings. The van der Waals surface area contributed by atoms with Crippen LogP contribution >= 0.6 is 0 Å². The summed E-state index contributed by atoms with van der Waals surface area (Å²) in [5.74, 6) is 0.679. The second kappa shape index (κ2) is 7.14. The van der Waals surface area contributed by atoms with Crippen molar-refractivity contribution >= 4 is 0 Å². The highest BCUT2D eigenvalue weighted by Crippen LogP contribution is 2.23. The quantitative estimate of drug-likeness (QED) is 0.823. The summed E-state index contributed by atoms with van der Waals surface area (Å²) in [5.41, 5.74) is 3.11. The fourth-order valence-electron chi connectivity index (χ4n) is 3.48. The highest BCUT2D eigenvalue weighted by molar-refractivity contribution is 5.27. The Labute approximate surface area is 136 Å². The molecule has 0 N–H and O–H groups in total. The lowest BCUT2D eigenvalue weighted by Gasteiger charge is -2.36. The summed E-state index contributed by atoms with van der Waals surface area (Å²) >= 11 is 0. The zero-order valence-electron chi connectivity index (χ0n) is 15.2. The summed E-state index contributed by atoms with van der Waals surface area (Å²) in [4.78, 5) is 2.56. The van der Waals surface area contributed by atoms with Crippen molar-refractivity contribution < 1.29 is 4.74 Å². The molecule has 1 heterocycles. The topological polar surface area (TPSA) is 12.5 Å². The molecule has 3 atom stereocenters. The third kappa shape index (κ3) is 5.10. The maximum absolute atomic E-state index is 5.82. The third-order valence-electron chi connectivity index (χ3n) is 4.47. The van der Waals surface area contributed by atoms with Gasteiger partial charge in [0.15, 0.2) is 0 Å². The average molecular weight is 303 g/mol. The lowest BCUT2D eigenvalue weighted by molar-refractivity contribution is -0.0708. The number of hydrogen-bond acceptors (Lipinski definition) is 2. The number of nitrogens with zero attached hydrogens (tertiary/aromatic N) is 1. The van der Waals surface area contributed by atoms with Gasteiger partial charge in [0.05, 0.1) is 12.2 Å². The summed E-state index contributed by atoms with van der Waals surface area (Å²) < 4.78 is 5.82. The number of morpholine rings is 1. The molecule has 0 spiro atoms. The van der Waals surface area contributed by atoms with Crippen LogP contribution in [0.25, 0.3) is 0 Å². The van der Waals surface area contributed by atoms with Crippen LogP contribution in [-0.4, -0.2) is 36.7 Å². The Kier molecular flexibility index (Phi) is 5.68. The Morgan fingerprint density at radius 1 is 1.09 bits per heavy atom. The van der Waals surface area contributed by atoms with Crippen molar-refractivity contribution in [2.75, 3.05) is 19.6 Å². The van der Waals surface area contributed by atoms with Crippen LogP contribution < -0.4 is 0 Å². The molecule has 2 heteroatoms. The highest BCUT2D eigenvalue weighted by atomic mass is 16.5. The average Bonchev–Trinajstić information content (AvgIpc) is 2.36. The van der Waals surface area contributed by atoms with Gasteiger partial charge in [0.2, 0.25) is 0 Å². The van der Waals surface area contributed by atoms with Gasteiger partial charge in [0, 0.05) is 19.6 Å². The molecule has 2 nitrogen and oxygen atoms in total. The van der Waals surface area contributed by atoms with Crippen LogP contribution in [0.1, 0.15) is 52.7 Å². The summed E-state index contributed by atoms with van der Waals surface area (Å²) in [7, 11) is 0. The van der Waals surface area contributed by atoms with E-state index in [1.165, 1.54) is 17.7 Å². The Morgan fingerprint density at radius 3 is 2.14 bits per heavy atom. The van der Waals surface area contributed by atoms with Crippen LogP contribution in [0.2, 0.25) is 0 Å². The number of ether oxygens (including phenoxy) is 1. The molecule has 0 bridgehead atoms. The Bertz CT molecular complexity index is 450. The molecule has 0 aliphatic carbocycles. The van der Waals surface area contributed by atoms with Crippen LogP contribution in [0, 0.1) is 5.92 Å². The lowest BCUT2D eigenvalue weighted by Crippen LogP contribution is -2.47. The van der Waals surface area contributed by atoms with Crippen molar-refractivity contribution in [2.24, 2.45) is 5.92 Å². The van der Waals surface area contributed by atoms with Gasteiger partial charge in [-0.15, -0.1) is 0 Å². The fourth-order valence-corrected chi connectivity index (χ4v) is 3.48. The van der Waals surface area contributed by atoms with Gasteiger partial charge >= 0.3 is 0 Å². The molecule has 0 amide bonds. The van der Waals surface area contributed by atoms with Gasteiger partial charge in [-0.25, -0.2) is 0 Å². The van der Waals surface area contributed by atoms with Crippen LogP contribution in [0.3, 0.4) is 0 Å². The molecule has 1 aliphatic heterocycles. The van der Waals surface area contributed by atoms with Crippen molar-refractivity contribution in [2.45, 2.75) is 65.6 Å². The number of rotatable bonds is 4. The Balaban J connectivity index is 1.87. The zero-order chi connectivity index (χ0) is 16.3. The fraction of sp³-hybridized carbons (Fsp3) is 0.700. The Hall–Kier alpha value is -0.860. The van der Waals surface area contributed by atoms with Gasteiger partial charge in [0.1, 0.15) is 0 Å². The van der Waals surface area contributed by atoms with Crippen molar-refractivity contribution in [1.29, 1.82) is 0 Å². The predicted molar refractivity (Wildman–Crippen MR) is 94.5 cm³/mol. The van der Waals surface area contributed by atoms with Gasteiger partial charge < -0.3 is 4.74 Å².